The number of anilines is 2. The third-order valence-corrected chi connectivity index (χ3v) is 5.58. The molecule has 0 radical (unpaired) electrons. The minimum Gasteiger partial charge on any atom is -0.347 e. The van der Waals surface area contributed by atoms with Crippen molar-refractivity contribution in [3.8, 4) is 0 Å². The van der Waals surface area contributed by atoms with Crippen molar-refractivity contribution in [3.63, 3.8) is 0 Å². The van der Waals surface area contributed by atoms with Crippen LogP contribution in [0.5, 0.6) is 0 Å². The zero-order chi connectivity index (χ0) is 17.2. The highest BCUT2D eigenvalue weighted by Gasteiger charge is 2.24. The Balaban J connectivity index is 1.52. The Hall–Kier alpha value is -2.66. The molecule has 1 aromatic heterocycles. The fraction of sp³-hybridized carbons (Fsp3) is 0.200. The van der Waals surface area contributed by atoms with Gasteiger partial charge in [-0.1, -0.05) is 59.9 Å². The number of nitrogens with one attached hydrogen (secondary N) is 1. The molecule has 1 amide bonds. The molecule has 0 saturated carbocycles. The zero-order valence-electron chi connectivity index (χ0n) is 14.0. The Morgan fingerprint density at radius 1 is 1.16 bits per heavy atom. The SMILES string of the molecule is Cc1nc(N2CCc3ccccc32)sc1C(=O)NCc1ccccc1. The van der Waals surface area contributed by atoms with E-state index >= 15 is 0 Å². The van der Waals surface area contributed by atoms with E-state index in [4.69, 9.17) is 0 Å². The lowest BCUT2D eigenvalue weighted by Crippen LogP contribution is -2.22. The van der Waals surface area contributed by atoms with Crippen LogP contribution in [0.4, 0.5) is 10.8 Å². The van der Waals surface area contributed by atoms with E-state index < -0.39 is 0 Å². The van der Waals surface area contributed by atoms with Gasteiger partial charge in [-0.3, -0.25) is 4.79 Å². The summed E-state index contributed by atoms with van der Waals surface area (Å²) in [4.78, 5) is 20.1. The molecule has 1 aliphatic rings. The second kappa shape index (κ2) is 6.69. The highest BCUT2D eigenvalue weighted by molar-refractivity contribution is 7.17. The lowest BCUT2D eigenvalue weighted by atomic mass is 10.2. The van der Waals surface area contributed by atoms with Gasteiger partial charge < -0.3 is 10.2 Å². The molecule has 0 bridgehead atoms. The minimum atomic E-state index is -0.0578. The average Bonchev–Trinajstić information content (AvgIpc) is 3.24. The van der Waals surface area contributed by atoms with Crippen molar-refractivity contribution < 1.29 is 4.79 Å². The van der Waals surface area contributed by atoms with Crippen LogP contribution < -0.4 is 10.2 Å². The quantitative estimate of drug-likeness (QED) is 0.772. The molecule has 126 valence electrons. The Bertz CT molecular complexity index is 904. The first kappa shape index (κ1) is 15.8. The molecular weight excluding hydrogens is 330 g/mol. The van der Waals surface area contributed by atoms with E-state index in [0.717, 1.165) is 29.4 Å². The van der Waals surface area contributed by atoms with Crippen LogP contribution in [0.1, 0.15) is 26.5 Å². The summed E-state index contributed by atoms with van der Waals surface area (Å²) in [5, 5.41) is 3.89. The average molecular weight is 349 g/mol. The third kappa shape index (κ3) is 3.15. The number of carbonyl (C=O) groups is 1. The molecule has 4 rings (SSSR count). The molecule has 0 spiro atoms. The highest BCUT2D eigenvalue weighted by Crippen LogP contribution is 2.37. The number of hydrogen-bond donors (Lipinski definition) is 1. The van der Waals surface area contributed by atoms with Crippen LogP contribution >= 0.6 is 11.3 Å². The van der Waals surface area contributed by atoms with Crippen LogP contribution in [0.2, 0.25) is 0 Å². The molecule has 25 heavy (non-hydrogen) atoms. The number of amides is 1. The van der Waals surface area contributed by atoms with Gasteiger partial charge in [0, 0.05) is 18.8 Å². The van der Waals surface area contributed by atoms with Crippen molar-refractivity contribution in [3.05, 3.63) is 76.3 Å². The molecule has 4 nitrogen and oxygen atoms in total. The molecule has 2 heterocycles. The smallest absolute Gasteiger partial charge is 0.263 e. The molecule has 5 heteroatoms. The van der Waals surface area contributed by atoms with Gasteiger partial charge >= 0.3 is 0 Å². The van der Waals surface area contributed by atoms with Crippen molar-refractivity contribution in [1.29, 1.82) is 0 Å². The number of aryl methyl sites for hydroxylation is 1. The Morgan fingerprint density at radius 2 is 1.92 bits per heavy atom. The van der Waals surface area contributed by atoms with E-state index in [9.17, 15) is 4.79 Å². The predicted octanol–water partition coefficient (Wildman–Crippen LogP) is 4.08. The van der Waals surface area contributed by atoms with Gasteiger partial charge in [-0.05, 0) is 30.5 Å². The van der Waals surface area contributed by atoms with Crippen molar-refractivity contribution in [1.82, 2.24) is 10.3 Å². The molecule has 0 saturated heterocycles. The summed E-state index contributed by atoms with van der Waals surface area (Å²) in [6, 6.07) is 18.3. The fourth-order valence-corrected chi connectivity index (χ4v) is 4.13. The number of para-hydroxylation sites is 1. The van der Waals surface area contributed by atoms with Crippen LogP contribution in [-0.2, 0) is 13.0 Å². The highest BCUT2D eigenvalue weighted by atomic mass is 32.1. The van der Waals surface area contributed by atoms with Gasteiger partial charge in [-0.2, -0.15) is 0 Å². The van der Waals surface area contributed by atoms with E-state index in [1.807, 2.05) is 43.3 Å². The summed E-state index contributed by atoms with van der Waals surface area (Å²) in [6.07, 6.45) is 1.02. The van der Waals surface area contributed by atoms with Gasteiger partial charge in [0.15, 0.2) is 5.13 Å². The molecule has 0 aliphatic carbocycles. The van der Waals surface area contributed by atoms with Crippen LogP contribution in [0, 0.1) is 6.92 Å². The maximum Gasteiger partial charge on any atom is 0.263 e. The van der Waals surface area contributed by atoms with E-state index in [2.05, 4.69) is 33.4 Å². The van der Waals surface area contributed by atoms with Crippen LogP contribution in [-0.4, -0.2) is 17.4 Å². The van der Waals surface area contributed by atoms with E-state index in [1.54, 1.807) is 0 Å². The number of aromatic nitrogens is 1. The van der Waals surface area contributed by atoms with Gasteiger partial charge in [-0.25, -0.2) is 4.98 Å². The molecular formula is C20H19N3OS. The number of benzene rings is 2. The number of rotatable bonds is 4. The molecule has 1 N–H and O–H groups in total. The lowest BCUT2D eigenvalue weighted by Gasteiger charge is -2.15. The second-order valence-corrected chi connectivity index (χ2v) is 7.09. The first-order chi connectivity index (χ1) is 12.2. The number of hydrogen-bond acceptors (Lipinski definition) is 4. The maximum absolute atomic E-state index is 12.6. The van der Waals surface area contributed by atoms with Gasteiger partial charge in [-0.15, -0.1) is 0 Å². The number of nitrogens with zero attached hydrogens (tertiary/aromatic N) is 2. The van der Waals surface area contributed by atoms with Crippen molar-refractivity contribution >= 4 is 28.1 Å². The fourth-order valence-electron chi connectivity index (χ4n) is 3.10. The molecule has 0 unspecified atom stereocenters. The van der Waals surface area contributed by atoms with Gasteiger partial charge in [0.2, 0.25) is 0 Å². The van der Waals surface area contributed by atoms with Crippen molar-refractivity contribution in [2.75, 3.05) is 11.4 Å². The summed E-state index contributed by atoms with van der Waals surface area (Å²) >= 11 is 1.47. The molecule has 0 fully saturated rings. The normalized spacial score (nSPS) is 12.9. The summed E-state index contributed by atoms with van der Waals surface area (Å²) in [7, 11) is 0. The van der Waals surface area contributed by atoms with Crippen LogP contribution in [0.25, 0.3) is 0 Å². The Morgan fingerprint density at radius 3 is 2.76 bits per heavy atom. The Kier molecular flexibility index (Phi) is 4.24. The molecule has 2 aromatic carbocycles. The van der Waals surface area contributed by atoms with Gasteiger partial charge in [0.1, 0.15) is 4.88 Å². The van der Waals surface area contributed by atoms with E-state index in [-0.39, 0.29) is 5.91 Å². The van der Waals surface area contributed by atoms with E-state index in [0.29, 0.717) is 11.4 Å². The van der Waals surface area contributed by atoms with E-state index in [1.165, 1.54) is 22.6 Å². The summed E-state index contributed by atoms with van der Waals surface area (Å²) in [5.41, 5.74) is 4.42. The molecule has 1 aliphatic heterocycles. The first-order valence-electron chi connectivity index (χ1n) is 8.37. The molecule has 0 atom stereocenters. The number of carbonyl (C=O) groups excluding carboxylic acids is 1. The van der Waals surface area contributed by atoms with Gasteiger partial charge in [0.05, 0.1) is 5.69 Å². The third-order valence-electron chi connectivity index (χ3n) is 4.41. The monoisotopic (exact) mass is 349 g/mol. The molecule has 3 aromatic rings. The minimum absolute atomic E-state index is 0.0578. The lowest BCUT2D eigenvalue weighted by molar-refractivity contribution is 0.0954. The standard InChI is InChI=1S/C20H19N3OS/c1-14-18(19(24)21-13-15-7-3-2-4-8-15)25-20(22-14)23-12-11-16-9-5-6-10-17(16)23/h2-10H,11-13H2,1H3,(H,21,24). The zero-order valence-corrected chi connectivity index (χ0v) is 14.8. The van der Waals surface area contributed by atoms with Crippen molar-refractivity contribution in [2.45, 2.75) is 19.9 Å². The van der Waals surface area contributed by atoms with Gasteiger partial charge in [0.25, 0.3) is 5.91 Å². The predicted molar refractivity (Wildman–Crippen MR) is 102 cm³/mol. The topological polar surface area (TPSA) is 45.2 Å². The second-order valence-electron chi connectivity index (χ2n) is 6.11. The summed E-state index contributed by atoms with van der Waals surface area (Å²) in [5.74, 6) is -0.0578. The Labute approximate surface area is 151 Å². The number of thiazole rings is 1. The van der Waals surface area contributed by atoms with Crippen molar-refractivity contribution in [2.24, 2.45) is 0 Å². The summed E-state index contributed by atoms with van der Waals surface area (Å²) < 4.78 is 0. The number of fused-ring (bicyclic) bond motifs is 1. The van der Waals surface area contributed by atoms with Crippen LogP contribution in [0.15, 0.2) is 54.6 Å². The van der Waals surface area contributed by atoms with Crippen LogP contribution in [0.3, 0.4) is 0 Å². The largest absolute Gasteiger partial charge is 0.347 e. The maximum atomic E-state index is 12.6. The first-order valence-corrected chi connectivity index (χ1v) is 9.19. The summed E-state index contributed by atoms with van der Waals surface area (Å²) in [6.45, 7) is 3.34.